The van der Waals surface area contributed by atoms with Crippen LogP contribution in [0, 0.1) is 0 Å². The van der Waals surface area contributed by atoms with Crippen molar-refractivity contribution in [2.24, 2.45) is 0 Å². The van der Waals surface area contributed by atoms with Crippen molar-refractivity contribution in [2.75, 3.05) is 13.2 Å². The molecule has 2 N–H and O–H groups in total. The minimum absolute atomic E-state index is 0.00694. The van der Waals surface area contributed by atoms with Crippen molar-refractivity contribution in [1.29, 1.82) is 0 Å². The van der Waals surface area contributed by atoms with Crippen LogP contribution in [0.1, 0.15) is 25.4 Å². The highest BCUT2D eigenvalue weighted by atomic mass is 16.5. The first kappa shape index (κ1) is 17.4. The summed E-state index contributed by atoms with van der Waals surface area (Å²) in [7, 11) is 0. The van der Waals surface area contributed by atoms with E-state index in [1.807, 2.05) is 19.1 Å². The Balaban J connectivity index is 0.000000289. The van der Waals surface area contributed by atoms with Crippen LogP contribution in [-0.4, -0.2) is 23.4 Å². The van der Waals surface area contributed by atoms with Gasteiger partial charge in [0.05, 0.1) is 12.5 Å². The molecule has 5 heteroatoms. The molecule has 2 aromatic heterocycles. The van der Waals surface area contributed by atoms with Crippen LogP contribution in [0.4, 0.5) is 0 Å². The molecule has 0 atom stereocenters. The maximum absolute atomic E-state index is 8.33. The molecule has 5 nitrogen and oxygen atoms in total. The highest BCUT2D eigenvalue weighted by Crippen LogP contribution is 2.00. The predicted molar refractivity (Wildman–Crippen MR) is 71.4 cm³/mol. The summed E-state index contributed by atoms with van der Waals surface area (Å²) in [6, 6.07) is 7.22. The van der Waals surface area contributed by atoms with Crippen LogP contribution >= 0.6 is 0 Å². The summed E-state index contributed by atoms with van der Waals surface area (Å²) in [6.07, 6.45) is 3.18. The highest BCUT2D eigenvalue weighted by Gasteiger charge is 1.91. The second kappa shape index (κ2) is 12.9. The zero-order valence-electron chi connectivity index (χ0n) is 11.4. The summed E-state index contributed by atoms with van der Waals surface area (Å²) in [5, 5.41) is 15.9. The lowest BCUT2D eigenvalue weighted by Gasteiger charge is -1.93. The second-order valence-corrected chi connectivity index (χ2v) is 3.27. The van der Waals surface area contributed by atoms with E-state index in [1.165, 1.54) is 6.26 Å². The van der Waals surface area contributed by atoms with Gasteiger partial charge in [-0.1, -0.05) is 0 Å². The minimum Gasteiger partial charge on any atom is -0.467 e. The summed E-state index contributed by atoms with van der Waals surface area (Å²) in [6.45, 7) is 5.21. The van der Waals surface area contributed by atoms with Crippen LogP contribution < -0.4 is 0 Å². The summed E-state index contributed by atoms with van der Waals surface area (Å²) < 4.78 is 14.8. The first-order valence-corrected chi connectivity index (χ1v) is 6.12. The Hall–Kier alpha value is -1.56. The fraction of sp³-hybridized carbons (Fsp3) is 0.429. The molecule has 0 spiro atoms. The number of aliphatic hydroxyl groups excluding tert-OH is 2. The standard InChI is InChI=1S/C7H10O2.C5H6O2.C2H6O/c1-2-8-6-7-4-3-5-9-7;6-4-5-2-1-3-7-5;1-2-3/h3-5H,2,6H2,1H3;1-3,6H,4H2;3H,2H2,1H3. The second-order valence-electron chi connectivity index (χ2n) is 3.27. The normalized spacial score (nSPS) is 9.05. The fourth-order valence-electron chi connectivity index (χ4n) is 1.000. The molecule has 0 aliphatic heterocycles. The molecule has 0 saturated carbocycles. The van der Waals surface area contributed by atoms with E-state index >= 15 is 0 Å². The number of ether oxygens (including phenoxy) is 1. The van der Waals surface area contributed by atoms with E-state index in [9.17, 15) is 0 Å². The molecule has 0 aliphatic rings. The lowest BCUT2D eigenvalue weighted by atomic mass is 10.5. The molecule has 0 aliphatic carbocycles. The van der Waals surface area contributed by atoms with Gasteiger partial charge in [0.1, 0.15) is 24.7 Å². The quantitative estimate of drug-likeness (QED) is 0.893. The fourth-order valence-corrected chi connectivity index (χ4v) is 1.000. The summed E-state index contributed by atoms with van der Waals surface area (Å²) in [5.41, 5.74) is 0. The number of hydrogen-bond acceptors (Lipinski definition) is 5. The van der Waals surface area contributed by atoms with Gasteiger partial charge in [-0.2, -0.15) is 0 Å². The van der Waals surface area contributed by atoms with Crippen molar-refractivity contribution in [3.05, 3.63) is 48.3 Å². The van der Waals surface area contributed by atoms with Gasteiger partial charge in [-0.25, -0.2) is 0 Å². The number of hydrogen-bond donors (Lipinski definition) is 2. The Morgan fingerprint density at radius 1 is 1.00 bits per heavy atom. The SMILES string of the molecule is CCO.CCOCc1ccco1.OCc1ccco1. The molecule has 0 fully saturated rings. The van der Waals surface area contributed by atoms with Crippen molar-refractivity contribution in [3.63, 3.8) is 0 Å². The van der Waals surface area contributed by atoms with Crippen molar-refractivity contribution in [1.82, 2.24) is 0 Å². The van der Waals surface area contributed by atoms with Crippen molar-refractivity contribution in [3.8, 4) is 0 Å². The van der Waals surface area contributed by atoms with E-state index in [1.54, 1.807) is 25.3 Å². The van der Waals surface area contributed by atoms with Gasteiger partial charge in [0.15, 0.2) is 0 Å². The predicted octanol–water partition coefficient (Wildman–Crippen LogP) is 2.59. The largest absolute Gasteiger partial charge is 0.467 e. The average molecular weight is 270 g/mol. The smallest absolute Gasteiger partial charge is 0.129 e. The topological polar surface area (TPSA) is 76.0 Å². The average Bonchev–Trinajstić information content (AvgIpc) is 3.11. The third kappa shape index (κ3) is 10.1. The third-order valence-corrected chi connectivity index (χ3v) is 1.76. The lowest BCUT2D eigenvalue weighted by Crippen LogP contribution is -1.88. The van der Waals surface area contributed by atoms with Crippen molar-refractivity contribution >= 4 is 0 Å². The van der Waals surface area contributed by atoms with E-state index in [4.69, 9.17) is 23.8 Å². The van der Waals surface area contributed by atoms with Crippen molar-refractivity contribution < 1.29 is 23.8 Å². The molecule has 0 unspecified atom stereocenters. The molecule has 0 aromatic carbocycles. The van der Waals surface area contributed by atoms with E-state index in [0.29, 0.717) is 12.4 Å². The van der Waals surface area contributed by atoms with Crippen LogP contribution in [0.3, 0.4) is 0 Å². The van der Waals surface area contributed by atoms with E-state index in [-0.39, 0.29) is 13.2 Å². The molecular formula is C14H22O5. The number of aliphatic hydroxyl groups is 2. The number of furan rings is 2. The molecule has 0 bridgehead atoms. The van der Waals surface area contributed by atoms with Crippen LogP contribution in [0.15, 0.2) is 45.6 Å². The Labute approximate surface area is 113 Å². The zero-order chi connectivity index (χ0) is 14.3. The highest BCUT2D eigenvalue weighted by molar-refractivity contribution is 4.96. The van der Waals surface area contributed by atoms with Crippen LogP contribution in [0.2, 0.25) is 0 Å². The van der Waals surface area contributed by atoms with Gasteiger partial charge in [0.25, 0.3) is 0 Å². The van der Waals surface area contributed by atoms with Crippen LogP contribution in [0.25, 0.3) is 0 Å². The molecule has 2 rings (SSSR count). The van der Waals surface area contributed by atoms with E-state index in [0.717, 1.165) is 12.4 Å². The Bertz CT molecular complexity index is 353. The summed E-state index contributed by atoms with van der Waals surface area (Å²) in [4.78, 5) is 0. The van der Waals surface area contributed by atoms with Gasteiger partial charge in [-0.15, -0.1) is 0 Å². The molecule has 0 saturated heterocycles. The Morgan fingerprint density at radius 2 is 1.53 bits per heavy atom. The first-order valence-electron chi connectivity index (χ1n) is 6.12. The van der Waals surface area contributed by atoms with Gasteiger partial charge < -0.3 is 23.8 Å². The number of rotatable bonds is 4. The Morgan fingerprint density at radius 3 is 1.84 bits per heavy atom. The van der Waals surface area contributed by atoms with E-state index < -0.39 is 0 Å². The summed E-state index contributed by atoms with van der Waals surface area (Å²) in [5.74, 6) is 1.50. The van der Waals surface area contributed by atoms with Gasteiger partial charge in [0.2, 0.25) is 0 Å². The molecule has 2 heterocycles. The van der Waals surface area contributed by atoms with Gasteiger partial charge in [0, 0.05) is 13.2 Å². The van der Waals surface area contributed by atoms with Crippen molar-refractivity contribution in [2.45, 2.75) is 27.1 Å². The third-order valence-electron chi connectivity index (χ3n) is 1.76. The van der Waals surface area contributed by atoms with Gasteiger partial charge in [-0.3, -0.25) is 0 Å². The molecule has 0 amide bonds. The maximum Gasteiger partial charge on any atom is 0.129 e. The summed E-state index contributed by atoms with van der Waals surface area (Å²) >= 11 is 0. The lowest BCUT2D eigenvalue weighted by molar-refractivity contribution is 0.118. The van der Waals surface area contributed by atoms with E-state index in [2.05, 4.69) is 0 Å². The monoisotopic (exact) mass is 270 g/mol. The first-order chi connectivity index (χ1) is 9.28. The molecular weight excluding hydrogens is 248 g/mol. The van der Waals surface area contributed by atoms with Gasteiger partial charge >= 0.3 is 0 Å². The van der Waals surface area contributed by atoms with Crippen LogP contribution in [0.5, 0.6) is 0 Å². The van der Waals surface area contributed by atoms with Gasteiger partial charge in [-0.05, 0) is 38.1 Å². The minimum atomic E-state index is -0.00694. The maximum atomic E-state index is 8.33. The Kier molecular flexibility index (Phi) is 11.8. The van der Waals surface area contributed by atoms with Crippen LogP contribution in [-0.2, 0) is 18.0 Å². The molecule has 19 heavy (non-hydrogen) atoms. The molecule has 0 radical (unpaired) electrons. The zero-order valence-corrected chi connectivity index (χ0v) is 11.4. The molecule has 108 valence electrons. The molecule has 2 aromatic rings.